The first kappa shape index (κ1) is 18.8. The number of carbonyl (C=O) groups is 1. The number of amides is 1. The van der Waals surface area contributed by atoms with E-state index in [2.05, 4.69) is 31.1 Å². The molecule has 0 fully saturated rings. The molecular formula is C22H26N4O. The van der Waals surface area contributed by atoms with Crippen LogP contribution in [0.25, 0.3) is 5.69 Å². The molecule has 0 radical (unpaired) electrons. The largest absolute Gasteiger partial charge is 0.348 e. The average Bonchev–Trinajstić information content (AvgIpc) is 3.05. The molecule has 140 valence electrons. The molecule has 0 saturated carbocycles. The number of pyridine rings is 1. The number of nitrogens with zero attached hydrogens (tertiary/aromatic N) is 3. The molecule has 27 heavy (non-hydrogen) atoms. The van der Waals surface area contributed by atoms with Crippen LogP contribution in [0, 0.1) is 5.92 Å². The maximum Gasteiger partial charge on any atom is 0.255 e. The third kappa shape index (κ3) is 4.42. The van der Waals surface area contributed by atoms with Crippen LogP contribution >= 0.6 is 0 Å². The van der Waals surface area contributed by atoms with E-state index in [1.807, 2.05) is 47.1 Å². The predicted octanol–water partition coefficient (Wildman–Crippen LogP) is 3.96. The summed E-state index contributed by atoms with van der Waals surface area (Å²) >= 11 is 0. The van der Waals surface area contributed by atoms with Gasteiger partial charge in [0.2, 0.25) is 0 Å². The van der Waals surface area contributed by atoms with Gasteiger partial charge in [-0.2, -0.15) is 5.10 Å². The van der Waals surface area contributed by atoms with Crippen LogP contribution in [0.1, 0.15) is 48.1 Å². The molecule has 0 bridgehead atoms. The van der Waals surface area contributed by atoms with Crippen LogP contribution in [-0.2, 0) is 19.4 Å². The summed E-state index contributed by atoms with van der Waals surface area (Å²) in [6.07, 6.45) is 4.97. The van der Waals surface area contributed by atoms with Gasteiger partial charge < -0.3 is 5.32 Å². The molecule has 0 aliphatic heterocycles. The topological polar surface area (TPSA) is 59.8 Å². The van der Waals surface area contributed by atoms with Crippen LogP contribution < -0.4 is 5.32 Å². The fourth-order valence-corrected chi connectivity index (χ4v) is 3.18. The van der Waals surface area contributed by atoms with Crippen molar-refractivity contribution in [1.82, 2.24) is 20.1 Å². The Balaban J connectivity index is 1.96. The van der Waals surface area contributed by atoms with Crippen LogP contribution in [0.15, 0.2) is 54.9 Å². The van der Waals surface area contributed by atoms with Crippen LogP contribution in [0.3, 0.4) is 0 Å². The third-order valence-corrected chi connectivity index (χ3v) is 4.42. The molecule has 1 aromatic carbocycles. The summed E-state index contributed by atoms with van der Waals surface area (Å²) in [5.74, 6) is 0.349. The summed E-state index contributed by atoms with van der Waals surface area (Å²) in [4.78, 5) is 17.1. The predicted molar refractivity (Wildman–Crippen MR) is 107 cm³/mol. The maximum absolute atomic E-state index is 13.1. The van der Waals surface area contributed by atoms with Crippen LogP contribution in [0.4, 0.5) is 0 Å². The molecule has 0 unspecified atom stereocenters. The van der Waals surface area contributed by atoms with Crippen molar-refractivity contribution < 1.29 is 4.79 Å². The van der Waals surface area contributed by atoms with Gasteiger partial charge in [0.15, 0.2) is 0 Å². The standard InChI is InChI=1S/C22H26N4O/c1-4-20-21(22(27)24-15-17-10-12-23-13-11-17)19(14-16(2)3)25-26(20)18-8-6-5-7-9-18/h5-13,16H,4,14-15H2,1-3H3,(H,24,27). The molecule has 0 saturated heterocycles. The van der Waals surface area contributed by atoms with Crippen molar-refractivity contribution in [3.05, 3.63) is 77.4 Å². The number of benzene rings is 1. The molecule has 1 amide bonds. The molecule has 0 aliphatic rings. The first-order valence-electron chi connectivity index (χ1n) is 9.43. The summed E-state index contributed by atoms with van der Waals surface area (Å²) in [5.41, 5.74) is 4.52. The molecule has 3 aromatic rings. The molecule has 0 spiro atoms. The molecule has 2 aromatic heterocycles. The lowest BCUT2D eigenvalue weighted by atomic mass is 10.0. The van der Waals surface area contributed by atoms with E-state index in [0.717, 1.165) is 35.5 Å². The minimum absolute atomic E-state index is 0.0681. The number of rotatable bonds is 7. The highest BCUT2D eigenvalue weighted by Gasteiger charge is 2.23. The zero-order chi connectivity index (χ0) is 19.2. The van der Waals surface area contributed by atoms with Crippen molar-refractivity contribution in [2.75, 3.05) is 0 Å². The Hall–Kier alpha value is -2.95. The summed E-state index contributed by atoms with van der Waals surface area (Å²) in [6, 6.07) is 13.8. The SMILES string of the molecule is CCc1c(C(=O)NCc2ccncc2)c(CC(C)C)nn1-c1ccccc1. The summed E-state index contributed by atoms with van der Waals surface area (Å²) in [5, 5.41) is 7.86. The van der Waals surface area contributed by atoms with Gasteiger partial charge in [0.1, 0.15) is 0 Å². The van der Waals surface area contributed by atoms with E-state index in [1.165, 1.54) is 0 Å². The molecule has 2 heterocycles. The van der Waals surface area contributed by atoms with Crippen molar-refractivity contribution in [2.24, 2.45) is 5.92 Å². The van der Waals surface area contributed by atoms with Gasteiger partial charge in [-0.1, -0.05) is 39.0 Å². The first-order valence-corrected chi connectivity index (χ1v) is 9.43. The fraction of sp³-hybridized carbons (Fsp3) is 0.318. The Bertz CT molecular complexity index is 885. The van der Waals surface area contributed by atoms with Gasteiger partial charge in [-0.05, 0) is 48.6 Å². The van der Waals surface area contributed by atoms with Gasteiger partial charge in [0.25, 0.3) is 5.91 Å². The van der Waals surface area contributed by atoms with E-state index in [-0.39, 0.29) is 5.91 Å². The van der Waals surface area contributed by atoms with Crippen molar-refractivity contribution in [1.29, 1.82) is 0 Å². The van der Waals surface area contributed by atoms with E-state index in [1.54, 1.807) is 12.4 Å². The molecule has 1 N–H and O–H groups in total. The van der Waals surface area contributed by atoms with E-state index in [9.17, 15) is 4.79 Å². The van der Waals surface area contributed by atoms with Crippen molar-refractivity contribution >= 4 is 5.91 Å². The van der Waals surface area contributed by atoms with Crippen LogP contribution in [0.2, 0.25) is 0 Å². The monoisotopic (exact) mass is 362 g/mol. The lowest BCUT2D eigenvalue weighted by Crippen LogP contribution is -2.25. The Morgan fingerprint density at radius 1 is 1.11 bits per heavy atom. The summed E-state index contributed by atoms with van der Waals surface area (Å²) in [6.45, 7) is 6.83. The number of carbonyl (C=O) groups excluding carboxylic acids is 1. The molecular weight excluding hydrogens is 336 g/mol. The first-order chi connectivity index (χ1) is 13.1. The number of hydrogen-bond acceptors (Lipinski definition) is 3. The van der Waals surface area contributed by atoms with Crippen molar-refractivity contribution in [2.45, 2.75) is 40.2 Å². The zero-order valence-electron chi connectivity index (χ0n) is 16.1. The van der Waals surface area contributed by atoms with Gasteiger partial charge >= 0.3 is 0 Å². The summed E-state index contributed by atoms with van der Waals surface area (Å²) in [7, 11) is 0. The molecule has 0 aliphatic carbocycles. The van der Waals surface area contributed by atoms with E-state index < -0.39 is 0 Å². The maximum atomic E-state index is 13.1. The van der Waals surface area contributed by atoms with Gasteiger partial charge in [0.05, 0.1) is 22.6 Å². The Morgan fingerprint density at radius 2 is 1.81 bits per heavy atom. The minimum atomic E-state index is -0.0681. The van der Waals surface area contributed by atoms with E-state index in [0.29, 0.717) is 18.0 Å². The van der Waals surface area contributed by atoms with E-state index >= 15 is 0 Å². The molecule has 5 heteroatoms. The highest BCUT2D eigenvalue weighted by Crippen LogP contribution is 2.22. The normalized spacial score (nSPS) is 11.0. The quantitative estimate of drug-likeness (QED) is 0.692. The molecule has 5 nitrogen and oxygen atoms in total. The second-order valence-corrected chi connectivity index (χ2v) is 7.01. The molecule has 0 atom stereocenters. The smallest absolute Gasteiger partial charge is 0.255 e. The average molecular weight is 362 g/mol. The van der Waals surface area contributed by atoms with Gasteiger partial charge in [-0.3, -0.25) is 9.78 Å². The second kappa shape index (κ2) is 8.62. The Kier molecular flexibility index (Phi) is 6.01. The van der Waals surface area contributed by atoms with Gasteiger partial charge in [0, 0.05) is 18.9 Å². The van der Waals surface area contributed by atoms with E-state index in [4.69, 9.17) is 5.10 Å². The van der Waals surface area contributed by atoms with Crippen LogP contribution in [-0.4, -0.2) is 20.7 Å². The van der Waals surface area contributed by atoms with Gasteiger partial charge in [-0.25, -0.2) is 4.68 Å². The number of hydrogen-bond donors (Lipinski definition) is 1. The zero-order valence-corrected chi connectivity index (χ0v) is 16.1. The number of para-hydroxylation sites is 1. The number of nitrogens with one attached hydrogen (secondary N) is 1. The highest BCUT2D eigenvalue weighted by atomic mass is 16.1. The lowest BCUT2D eigenvalue weighted by molar-refractivity contribution is 0.0949. The molecule has 3 rings (SSSR count). The fourth-order valence-electron chi connectivity index (χ4n) is 3.18. The van der Waals surface area contributed by atoms with Gasteiger partial charge in [-0.15, -0.1) is 0 Å². The Morgan fingerprint density at radius 3 is 2.44 bits per heavy atom. The highest BCUT2D eigenvalue weighted by molar-refractivity contribution is 5.96. The van der Waals surface area contributed by atoms with Crippen molar-refractivity contribution in [3.8, 4) is 5.69 Å². The minimum Gasteiger partial charge on any atom is -0.348 e. The second-order valence-electron chi connectivity index (χ2n) is 7.01. The Labute approximate surface area is 160 Å². The number of aromatic nitrogens is 3. The summed E-state index contributed by atoms with van der Waals surface area (Å²) < 4.78 is 1.92. The van der Waals surface area contributed by atoms with Crippen molar-refractivity contribution in [3.63, 3.8) is 0 Å². The lowest BCUT2D eigenvalue weighted by Gasteiger charge is -2.09. The van der Waals surface area contributed by atoms with Crippen LogP contribution in [0.5, 0.6) is 0 Å². The third-order valence-electron chi connectivity index (χ3n) is 4.42.